The number of hydrogen-bond acceptors (Lipinski definition) is 6. The number of benzene rings is 1. The first kappa shape index (κ1) is 21.4. The Morgan fingerprint density at radius 3 is 2.71 bits per heavy atom. The average Bonchev–Trinajstić information content (AvgIpc) is 3.27. The fourth-order valence-corrected chi connectivity index (χ4v) is 5.54. The van der Waals surface area contributed by atoms with E-state index in [9.17, 15) is 17.6 Å². The SMILES string of the molecule is COCCNC(=O)c1cc(-c2ccc(F)cc2)nc2c1c(C)nn2[C@H]1CCS(=O)(=O)C1. The van der Waals surface area contributed by atoms with E-state index in [0.717, 1.165) is 0 Å². The van der Waals surface area contributed by atoms with E-state index in [1.54, 1.807) is 36.9 Å². The third-order valence-corrected chi connectivity index (χ3v) is 7.12. The zero-order valence-corrected chi connectivity index (χ0v) is 18.1. The lowest BCUT2D eigenvalue weighted by molar-refractivity contribution is 0.0938. The fraction of sp³-hybridized carbons (Fsp3) is 0.381. The molecule has 0 aliphatic carbocycles. The first-order valence-electron chi connectivity index (χ1n) is 9.92. The van der Waals surface area contributed by atoms with Crippen LogP contribution in [0, 0.1) is 12.7 Å². The zero-order valence-electron chi connectivity index (χ0n) is 17.3. The number of nitrogens with zero attached hydrogens (tertiary/aromatic N) is 3. The van der Waals surface area contributed by atoms with E-state index in [2.05, 4.69) is 10.4 Å². The second-order valence-electron chi connectivity index (χ2n) is 7.60. The van der Waals surface area contributed by atoms with Crippen LogP contribution in [0.25, 0.3) is 22.3 Å². The number of carbonyl (C=O) groups excluding carboxylic acids is 1. The van der Waals surface area contributed by atoms with Gasteiger partial charge in [0.15, 0.2) is 15.5 Å². The molecule has 3 heterocycles. The van der Waals surface area contributed by atoms with E-state index < -0.39 is 9.84 Å². The monoisotopic (exact) mass is 446 g/mol. The molecule has 1 saturated heterocycles. The maximum atomic E-state index is 13.4. The smallest absolute Gasteiger partial charge is 0.252 e. The molecule has 0 unspecified atom stereocenters. The number of methoxy groups -OCH3 is 1. The Kier molecular flexibility index (Phi) is 5.76. The van der Waals surface area contributed by atoms with Gasteiger partial charge in [0.05, 0.1) is 46.5 Å². The molecule has 0 saturated carbocycles. The third-order valence-electron chi connectivity index (χ3n) is 5.37. The van der Waals surface area contributed by atoms with Crippen molar-refractivity contribution < 1.29 is 22.3 Å². The maximum absolute atomic E-state index is 13.4. The average molecular weight is 447 g/mol. The summed E-state index contributed by atoms with van der Waals surface area (Å²) in [6, 6.07) is 7.13. The highest BCUT2D eigenvalue weighted by Crippen LogP contribution is 2.32. The van der Waals surface area contributed by atoms with Crippen LogP contribution in [0.1, 0.15) is 28.5 Å². The van der Waals surface area contributed by atoms with Crippen LogP contribution < -0.4 is 5.32 Å². The zero-order chi connectivity index (χ0) is 22.2. The van der Waals surface area contributed by atoms with Crippen molar-refractivity contribution in [3.8, 4) is 11.3 Å². The van der Waals surface area contributed by atoms with Gasteiger partial charge in [0.2, 0.25) is 0 Å². The maximum Gasteiger partial charge on any atom is 0.252 e. The first-order valence-corrected chi connectivity index (χ1v) is 11.7. The van der Waals surface area contributed by atoms with Crippen molar-refractivity contribution in [1.29, 1.82) is 0 Å². The van der Waals surface area contributed by atoms with Crippen molar-refractivity contribution in [1.82, 2.24) is 20.1 Å². The molecule has 1 fully saturated rings. The van der Waals surface area contributed by atoms with E-state index >= 15 is 0 Å². The van der Waals surface area contributed by atoms with Crippen LogP contribution in [0.2, 0.25) is 0 Å². The molecule has 1 amide bonds. The molecule has 1 aromatic carbocycles. The largest absolute Gasteiger partial charge is 0.383 e. The van der Waals surface area contributed by atoms with Crippen LogP contribution in [-0.4, -0.2) is 60.9 Å². The van der Waals surface area contributed by atoms with Crippen molar-refractivity contribution in [2.75, 3.05) is 31.8 Å². The molecule has 1 aliphatic heterocycles. The van der Waals surface area contributed by atoms with Crippen LogP contribution in [0.15, 0.2) is 30.3 Å². The van der Waals surface area contributed by atoms with Crippen LogP contribution in [0.3, 0.4) is 0 Å². The lowest BCUT2D eigenvalue weighted by atomic mass is 10.0. The molecule has 8 nitrogen and oxygen atoms in total. The van der Waals surface area contributed by atoms with Gasteiger partial charge in [-0.1, -0.05) is 0 Å². The second kappa shape index (κ2) is 8.35. The normalized spacial score (nSPS) is 17.8. The predicted octanol–water partition coefficient (Wildman–Crippen LogP) is 2.28. The van der Waals surface area contributed by atoms with E-state index in [4.69, 9.17) is 9.72 Å². The van der Waals surface area contributed by atoms with Gasteiger partial charge in [-0.05, 0) is 43.7 Å². The van der Waals surface area contributed by atoms with Crippen molar-refractivity contribution in [3.63, 3.8) is 0 Å². The molecule has 10 heteroatoms. The van der Waals surface area contributed by atoms with E-state index in [-0.39, 0.29) is 29.3 Å². The Morgan fingerprint density at radius 2 is 2.06 bits per heavy atom. The minimum atomic E-state index is -3.13. The summed E-state index contributed by atoms with van der Waals surface area (Å²) in [5.41, 5.74) is 2.53. The van der Waals surface area contributed by atoms with Gasteiger partial charge in [-0.25, -0.2) is 22.5 Å². The van der Waals surface area contributed by atoms with Gasteiger partial charge in [0, 0.05) is 19.2 Å². The number of ether oxygens (including phenoxy) is 1. The lowest BCUT2D eigenvalue weighted by Crippen LogP contribution is -2.27. The van der Waals surface area contributed by atoms with Crippen LogP contribution >= 0.6 is 0 Å². The number of rotatable bonds is 6. The number of carbonyl (C=O) groups is 1. The molecule has 164 valence electrons. The Balaban J connectivity index is 1.88. The fourth-order valence-electron chi connectivity index (χ4n) is 3.85. The van der Waals surface area contributed by atoms with Gasteiger partial charge in [0.1, 0.15) is 5.82 Å². The molecule has 3 aromatic rings. The topological polar surface area (TPSA) is 103 Å². The van der Waals surface area contributed by atoms with Crippen molar-refractivity contribution in [2.45, 2.75) is 19.4 Å². The van der Waals surface area contributed by atoms with Gasteiger partial charge in [-0.15, -0.1) is 0 Å². The van der Waals surface area contributed by atoms with Gasteiger partial charge < -0.3 is 10.1 Å². The van der Waals surface area contributed by atoms with Gasteiger partial charge in [-0.2, -0.15) is 5.10 Å². The summed E-state index contributed by atoms with van der Waals surface area (Å²) in [5, 5.41) is 7.94. The van der Waals surface area contributed by atoms with Crippen molar-refractivity contribution >= 4 is 26.8 Å². The summed E-state index contributed by atoms with van der Waals surface area (Å²) in [6.07, 6.45) is 0.441. The molecule has 0 radical (unpaired) electrons. The molecular formula is C21H23FN4O4S. The van der Waals surface area contributed by atoms with Gasteiger partial charge >= 0.3 is 0 Å². The van der Waals surface area contributed by atoms with E-state index in [0.29, 0.717) is 53.1 Å². The summed E-state index contributed by atoms with van der Waals surface area (Å²) in [5.74, 6) is -0.602. The number of aromatic nitrogens is 3. The Labute approximate surface area is 179 Å². The number of sulfone groups is 1. The number of aryl methyl sites for hydroxylation is 1. The molecular weight excluding hydrogens is 423 g/mol. The quantitative estimate of drug-likeness (QED) is 0.583. The minimum absolute atomic E-state index is 0.0129. The first-order chi connectivity index (χ1) is 14.8. The number of amides is 1. The second-order valence-corrected chi connectivity index (χ2v) is 9.82. The molecule has 1 atom stereocenters. The number of halogens is 1. The number of pyridine rings is 1. The Morgan fingerprint density at radius 1 is 1.32 bits per heavy atom. The van der Waals surface area contributed by atoms with Gasteiger partial charge in [0.25, 0.3) is 5.91 Å². The lowest BCUT2D eigenvalue weighted by Gasteiger charge is -2.12. The Hall–Kier alpha value is -2.85. The highest BCUT2D eigenvalue weighted by atomic mass is 32.2. The number of hydrogen-bond donors (Lipinski definition) is 1. The van der Waals surface area contributed by atoms with Gasteiger partial charge in [-0.3, -0.25) is 4.79 Å². The van der Waals surface area contributed by atoms with E-state index in [1.165, 1.54) is 12.1 Å². The number of nitrogens with one attached hydrogen (secondary N) is 1. The summed E-state index contributed by atoms with van der Waals surface area (Å²) in [7, 11) is -1.59. The molecule has 1 N–H and O–H groups in total. The molecule has 0 spiro atoms. The molecule has 31 heavy (non-hydrogen) atoms. The van der Waals surface area contributed by atoms with Crippen molar-refractivity contribution in [2.24, 2.45) is 0 Å². The summed E-state index contributed by atoms with van der Waals surface area (Å²) in [6.45, 7) is 2.47. The summed E-state index contributed by atoms with van der Waals surface area (Å²) < 4.78 is 44.1. The van der Waals surface area contributed by atoms with Crippen LogP contribution in [0.4, 0.5) is 4.39 Å². The standard InChI is InChI=1S/C21H23FN4O4S/c1-13-19-17(21(27)23-8-9-30-2)11-18(14-3-5-15(22)6-4-14)24-20(19)26(25-13)16-7-10-31(28,29)12-16/h3-6,11,16H,7-10,12H2,1-2H3,(H,23,27)/t16-/m0/s1. The van der Waals surface area contributed by atoms with Crippen LogP contribution in [-0.2, 0) is 14.6 Å². The molecule has 4 rings (SSSR count). The molecule has 0 bridgehead atoms. The highest BCUT2D eigenvalue weighted by Gasteiger charge is 2.32. The van der Waals surface area contributed by atoms with Crippen LogP contribution in [0.5, 0.6) is 0 Å². The van der Waals surface area contributed by atoms with E-state index in [1.807, 2.05) is 0 Å². The minimum Gasteiger partial charge on any atom is -0.383 e. The molecule has 2 aromatic heterocycles. The molecule has 1 aliphatic rings. The summed E-state index contributed by atoms with van der Waals surface area (Å²) >= 11 is 0. The predicted molar refractivity (Wildman–Crippen MR) is 114 cm³/mol. The summed E-state index contributed by atoms with van der Waals surface area (Å²) in [4.78, 5) is 17.7. The third kappa shape index (κ3) is 4.31. The highest BCUT2D eigenvalue weighted by molar-refractivity contribution is 7.91. The number of fused-ring (bicyclic) bond motifs is 1. The van der Waals surface area contributed by atoms with Crippen molar-refractivity contribution in [3.05, 3.63) is 47.4 Å². The Bertz CT molecular complexity index is 1240.